The highest BCUT2D eigenvalue weighted by molar-refractivity contribution is 5.91. The maximum absolute atomic E-state index is 13.7. The number of halogens is 1. The van der Waals surface area contributed by atoms with Gasteiger partial charge in [0.15, 0.2) is 12.3 Å². The number of hydrogen-bond donors (Lipinski definition) is 1. The van der Waals surface area contributed by atoms with Crippen molar-refractivity contribution in [3.8, 4) is 5.75 Å². The number of carbonyl (C=O) groups is 2. The summed E-state index contributed by atoms with van der Waals surface area (Å²) in [5.74, 6) is 1.23. The summed E-state index contributed by atoms with van der Waals surface area (Å²) in [6.45, 7) is 5.38. The molecule has 2 aromatic carbocycles. The van der Waals surface area contributed by atoms with E-state index in [1.165, 1.54) is 18.4 Å². The third kappa shape index (κ3) is 6.01. The number of carbonyl (C=O) groups excluding carboxylic acids is 2. The molecule has 2 amide bonds. The van der Waals surface area contributed by atoms with Crippen molar-refractivity contribution >= 4 is 11.8 Å². The third-order valence-corrected chi connectivity index (χ3v) is 6.83. The van der Waals surface area contributed by atoms with Crippen LogP contribution in [0.2, 0.25) is 0 Å². The Morgan fingerprint density at radius 2 is 1.97 bits per heavy atom. The molecule has 0 bridgehead atoms. The Balaban J connectivity index is 1.34. The highest BCUT2D eigenvalue weighted by Crippen LogP contribution is 2.38. The summed E-state index contributed by atoms with van der Waals surface area (Å²) >= 11 is 0. The Morgan fingerprint density at radius 3 is 2.70 bits per heavy atom. The van der Waals surface area contributed by atoms with Gasteiger partial charge in [0.25, 0.3) is 5.91 Å². The molecule has 1 saturated carbocycles. The lowest BCUT2D eigenvalue weighted by Gasteiger charge is -2.38. The van der Waals surface area contributed by atoms with Gasteiger partial charge in [-0.05, 0) is 72.1 Å². The highest BCUT2D eigenvalue weighted by Gasteiger charge is 2.32. The molecule has 37 heavy (non-hydrogen) atoms. The van der Waals surface area contributed by atoms with Crippen molar-refractivity contribution in [3.05, 3.63) is 82.8 Å². The Hall–Kier alpha value is -3.68. The van der Waals surface area contributed by atoms with Crippen molar-refractivity contribution in [1.29, 1.82) is 0 Å². The predicted molar refractivity (Wildman–Crippen MR) is 135 cm³/mol. The summed E-state index contributed by atoms with van der Waals surface area (Å²) in [7, 11) is 0. The number of amides is 2. The van der Waals surface area contributed by atoms with Crippen LogP contribution in [0.1, 0.15) is 72.2 Å². The van der Waals surface area contributed by atoms with Gasteiger partial charge in [0.05, 0.1) is 6.04 Å². The molecular weight excluding hydrogens is 473 g/mol. The van der Waals surface area contributed by atoms with Crippen molar-refractivity contribution in [2.45, 2.75) is 52.2 Å². The Labute approximate surface area is 216 Å². The van der Waals surface area contributed by atoms with E-state index >= 15 is 0 Å². The lowest BCUT2D eigenvalue weighted by atomic mass is 9.87. The molecule has 0 spiro atoms. The first-order valence-electron chi connectivity index (χ1n) is 12.9. The fraction of sp³-hybridized carbons (Fsp3) is 0.414. The van der Waals surface area contributed by atoms with Crippen LogP contribution in [0.15, 0.2) is 53.1 Å². The molecule has 5 rings (SSSR count). The summed E-state index contributed by atoms with van der Waals surface area (Å²) in [4.78, 5) is 31.6. The highest BCUT2D eigenvalue weighted by atomic mass is 19.1. The maximum atomic E-state index is 13.7. The number of ether oxygens (including phenoxy) is 1. The maximum Gasteiger partial charge on any atom is 0.273 e. The molecule has 8 heteroatoms. The van der Waals surface area contributed by atoms with Crippen molar-refractivity contribution in [1.82, 2.24) is 15.2 Å². The second-order valence-electron chi connectivity index (χ2n) is 10.3. The van der Waals surface area contributed by atoms with Gasteiger partial charge in [-0.15, -0.1) is 0 Å². The van der Waals surface area contributed by atoms with Gasteiger partial charge in [0, 0.05) is 19.5 Å². The first-order valence-corrected chi connectivity index (χ1v) is 12.9. The van der Waals surface area contributed by atoms with E-state index in [0.29, 0.717) is 37.1 Å². The Bertz CT molecular complexity index is 1270. The third-order valence-electron chi connectivity index (χ3n) is 6.83. The lowest BCUT2D eigenvalue weighted by Crippen LogP contribution is -2.41. The van der Waals surface area contributed by atoms with E-state index in [4.69, 9.17) is 9.15 Å². The average Bonchev–Trinajstić information content (AvgIpc) is 3.60. The second kappa shape index (κ2) is 10.7. The molecule has 1 atom stereocenters. The van der Waals surface area contributed by atoms with E-state index in [0.717, 1.165) is 36.0 Å². The molecule has 0 saturated heterocycles. The average molecular weight is 506 g/mol. The number of oxazole rings is 1. The van der Waals surface area contributed by atoms with E-state index in [-0.39, 0.29) is 41.9 Å². The molecule has 1 aliphatic carbocycles. The van der Waals surface area contributed by atoms with Crippen LogP contribution in [-0.2, 0) is 17.8 Å². The fourth-order valence-electron chi connectivity index (χ4n) is 4.70. The first kappa shape index (κ1) is 25.0. The van der Waals surface area contributed by atoms with Gasteiger partial charge in [0.1, 0.15) is 17.8 Å². The summed E-state index contributed by atoms with van der Waals surface area (Å²) in [6.07, 6.45) is 4.84. The number of benzene rings is 2. The van der Waals surface area contributed by atoms with Crippen LogP contribution in [0.25, 0.3) is 0 Å². The van der Waals surface area contributed by atoms with Crippen LogP contribution < -0.4 is 10.1 Å². The van der Waals surface area contributed by atoms with Crippen LogP contribution in [0.5, 0.6) is 5.75 Å². The molecule has 0 radical (unpaired) electrons. The first-order chi connectivity index (χ1) is 17.9. The zero-order valence-electron chi connectivity index (χ0n) is 21.2. The molecule has 2 aliphatic rings. The molecule has 1 N–H and O–H groups in total. The number of nitrogens with zero attached hydrogens (tertiary/aromatic N) is 2. The minimum absolute atomic E-state index is 0.0614. The second-order valence-corrected chi connectivity index (χ2v) is 10.3. The summed E-state index contributed by atoms with van der Waals surface area (Å²) in [5, 5.41) is 2.87. The molecule has 7 nitrogen and oxygen atoms in total. The van der Waals surface area contributed by atoms with Crippen LogP contribution >= 0.6 is 0 Å². The van der Waals surface area contributed by atoms with Crippen LogP contribution in [-0.4, -0.2) is 34.8 Å². The fourth-order valence-corrected chi connectivity index (χ4v) is 4.70. The predicted octanol–water partition coefficient (Wildman–Crippen LogP) is 5.05. The molecule has 1 aliphatic heterocycles. The number of hydrogen-bond acceptors (Lipinski definition) is 5. The van der Waals surface area contributed by atoms with Gasteiger partial charge in [-0.25, -0.2) is 9.37 Å². The van der Waals surface area contributed by atoms with Gasteiger partial charge in [0.2, 0.25) is 11.8 Å². The number of aromatic nitrogens is 1. The van der Waals surface area contributed by atoms with Gasteiger partial charge in [-0.2, -0.15) is 0 Å². The van der Waals surface area contributed by atoms with Gasteiger partial charge >= 0.3 is 0 Å². The van der Waals surface area contributed by atoms with Crippen LogP contribution in [0.4, 0.5) is 4.39 Å². The topological polar surface area (TPSA) is 84.7 Å². The largest absolute Gasteiger partial charge is 0.484 e. The lowest BCUT2D eigenvalue weighted by molar-refractivity contribution is -0.134. The standard InChI is InChI=1S/C29H32FN3O4/c1-18(2)13-27(34)33-12-11-20-7-10-23(14-24(20)28(33)21-5-8-22(30)9-6-21)36-17-26-32-25(16-37-26)29(35)31-15-19-3-4-19/h5-10,14,16,18-19,28H,3-4,11-13,15,17H2,1-2H3,(H,31,35). The molecule has 1 aromatic heterocycles. The Morgan fingerprint density at radius 1 is 1.19 bits per heavy atom. The van der Waals surface area contributed by atoms with E-state index in [2.05, 4.69) is 10.3 Å². The van der Waals surface area contributed by atoms with Crippen molar-refractivity contribution < 1.29 is 23.1 Å². The molecule has 2 heterocycles. The van der Waals surface area contributed by atoms with Gasteiger partial charge in [-0.3, -0.25) is 9.59 Å². The SMILES string of the molecule is CC(C)CC(=O)N1CCc2ccc(OCc3nc(C(=O)NCC4CC4)co3)cc2C1c1ccc(F)cc1. The van der Waals surface area contributed by atoms with Crippen molar-refractivity contribution in [2.24, 2.45) is 11.8 Å². The van der Waals surface area contributed by atoms with Crippen molar-refractivity contribution in [2.75, 3.05) is 13.1 Å². The van der Waals surface area contributed by atoms with E-state index in [1.807, 2.05) is 36.9 Å². The van der Waals surface area contributed by atoms with Gasteiger partial charge < -0.3 is 19.4 Å². The minimum atomic E-state index is -0.331. The monoisotopic (exact) mass is 505 g/mol. The molecule has 3 aromatic rings. The van der Waals surface area contributed by atoms with Crippen molar-refractivity contribution in [3.63, 3.8) is 0 Å². The van der Waals surface area contributed by atoms with E-state index < -0.39 is 0 Å². The van der Waals surface area contributed by atoms with Gasteiger partial charge in [-0.1, -0.05) is 32.0 Å². The molecular formula is C29H32FN3O4. The summed E-state index contributed by atoms with van der Waals surface area (Å²) < 4.78 is 25.1. The number of rotatable bonds is 9. The van der Waals surface area contributed by atoms with Crippen LogP contribution in [0.3, 0.4) is 0 Å². The number of nitrogens with one attached hydrogen (secondary N) is 1. The Kier molecular flexibility index (Phi) is 7.26. The molecule has 1 unspecified atom stereocenters. The normalized spacial score (nSPS) is 17.0. The smallest absolute Gasteiger partial charge is 0.273 e. The summed E-state index contributed by atoms with van der Waals surface area (Å²) in [5.41, 5.74) is 3.17. The molecule has 194 valence electrons. The summed E-state index contributed by atoms with van der Waals surface area (Å²) in [6, 6.07) is 11.8. The minimum Gasteiger partial charge on any atom is -0.484 e. The van der Waals surface area contributed by atoms with Crippen LogP contribution in [0, 0.1) is 17.7 Å². The van der Waals surface area contributed by atoms with E-state index in [1.54, 1.807) is 12.1 Å². The number of fused-ring (bicyclic) bond motifs is 1. The zero-order valence-corrected chi connectivity index (χ0v) is 21.2. The van der Waals surface area contributed by atoms with E-state index in [9.17, 15) is 14.0 Å². The zero-order chi connectivity index (χ0) is 25.9. The quantitative estimate of drug-likeness (QED) is 0.440. The molecule has 1 fully saturated rings.